The molecule has 0 bridgehead atoms. The molecule has 1 aromatic heterocycles. The predicted octanol–water partition coefficient (Wildman–Crippen LogP) is 3.27. The van der Waals surface area contributed by atoms with E-state index in [0.29, 0.717) is 11.5 Å². The molecule has 5 nitrogen and oxygen atoms in total. The Hall–Kier alpha value is -1.05. The first-order valence-corrected chi connectivity index (χ1v) is 7.34. The third kappa shape index (κ3) is 4.85. The highest BCUT2D eigenvalue weighted by Gasteiger charge is 2.17. The summed E-state index contributed by atoms with van der Waals surface area (Å²) in [5.74, 6) is 1.02. The Labute approximate surface area is 127 Å². The van der Waals surface area contributed by atoms with Gasteiger partial charge in [-0.15, -0.1) is 0 Å². The monoisotopic (exact) mass is 378 g/mol. The van der Waals surface area contributed by atoms with E-state index in [9.17, 15) is 4.79 Å². The molecule has 0 fully saturated rings. The molecule has 0 aliphatic carbocycles. The van der Waals surface area contributed by atoms with Crippen LogP contribution in [0.15, 0.2) is 6.20 Å². The van der Waals surface area contributed by atoms with Crippen molar-refractivity contribution >= 4 is 28.7 Å². The third-order valence-electron chi connectivity index (χ3n) is 2.35. The van der Waals surface area contributed by atoms with E-state index in [2.05, 4.69) is 34.5 Å². The van der Waals surface area contributed by atoms with Crippen molar-refractivity contribution in [2.75, 3.05) is 0 Å². The number of carbonyl (C=O) groups is 1. The molecule has 0 aliphatic rings. The van der Waals surface area contributed by atoms with Crippen molar-refractivity contribution in [1.29, 1.82) is 0 Å². The SMILES string of the molecule is CCCCc1ncc(OC(C)C)c(I)c1OC(N)=O. The average Bonchev–Trinajstić information content (AvgIpc) is 2.32. The van der Waals surface area contributed by atoms with Crippen LogP contribution in [0.3, 0.4) is 0 Å². The summed E-state index contributed by atoms with van der Waals surface area (Å²) in [5, 5.41) is 0. The molecule has 19 heavy (non-hydrogen) atoms. The summed E-state index contributed by atoms with van der Waals surface area (Å²) in [7, 11) is 0. The van der Waals surface area contributed by atoms with Gasteiger partial charge in [0.15, 0.2) is 11.5 Å². The Bertz CT molecular complexity index is 450. The maximum absolute atomic E-state index is 11.0. The van der Waals surface area contributed by atoms with E-state index in [0.717, 1.165) is 28.5 Å². The number of hydrogen-bond acceptors (Lipinski definition) is 4. The smallest absolute Gasteiger partial charge is 0.410 e. The first-order valence-electron chi connectivity index (χ1n) is 6.27. The van der Waals surface area contributed by atoms with E-state index < -0.39 is 6.09 Å². The Kier molecular flexibility index (Phi) is 6.33. The van der Waals surface area contributed by atoms with Gasteiger partial charge < -0.3 is 15.2 Å². The van der Waals surface area contributed by atoms with Crippen LogP contribution in [-0.4, -0.2) is 17.2 Å². The number of aryl methyl sites for hydroxylation is 1. The summed E-state index contributed by atoms with van der Waals surface area (Å²) in [6.45, 7) is 5.95. The molecule has 6 heteroatoms. The van der Waals surface area contributed by atoms with Gasteiger partial charge in [-0.1, -0.05) is 13.3 Å². The van der Waals surface area contributed by atoms with Crippen molar-refractivity contribution in [3.8, 4) is 11.5 Å². The number of halogens is 1. The number of aromatic nitrogens is 1. The summed E-state index contributed by atoms with van der Waals surface area (Å²) in [6, 6.07) is 0. The van der Waals surface area contributed by atoms with Gasteiger partial charge in [0.05, 0.1) is 18.0 Å². The van der Waals surface area contributed by atoms with Crippen LogP contribution in [0.25, 0.3) is 0 Å². The highest BCUT2D eigenvalue weighted by Crippen LogP contribution is 2.33. The molecule has 1 aromatic rings. The largest absolute Gasteiger partial charge is 0.488 e. The number of amides is 1. The second-order valence-electron chi connectivity index (χ2n) is 4.40. The second kappa shape index (κ2) is 7.52. The van der Waals surface area contributed by atoms with E-state index >= 15 is 0 Å². The fourth-order valence-corrected chi connectivity index (χ4v) is 2.24. The van der Waals surface area contributed by atoms with E-state index in [-0.39, 0.29) is 6.10 Å². The Morgan fingerprint density at radius 1 is 1.53 bits per heavy atom. The highest BCUT2D eigenvalue weighted by atomic mass is 127. The lowest BCUT2D eigenvalue weighted by Gasteiger charge is -2.15. The summed E-state index contributed by atoms with van der Waals surface area (Å²) in [4.78, 5) is 15.3. The first kappa shape index (κ1) is 16.0. The van der Waals surface area contributed by atoms with Crippen LogP contribution in [0.2, 0.25) is 0 Å². The maximum Gasteiger partial charge on any atom is 0.410 e. The number of nitrogens with zero attached hydrogens (tertiary/aromatic N) is 1. The van der Waals surface area contributed by atoms with Crippen LogP contribution >= 0.6 is 22.6 Å². The fraction of sp³-hybridized carbons (Fsp3) is 0.538. The average molecular weight is 378 g/mol. The van der Waals surface area contributed by atoms with Gasteiger partial charge in [0.2, 0.25) is 0 Å². The number of pyridine rings is 1. The zero-order valence-electron chi connectivity index (χ0n) is 11.4. The van der Waals surface area contributed by atoms with Gasteiger partial charge in [0.25, 0.3) is 0 Å². The molecule has 0 saturated carbocycles. The minimum Gasteiger partial charge on any atom is -0.488 e. The molecule has 1 rings (SSSR count). The zero-order chi connectivity index (χ0) is 14.4. The van der Waals surface area contributed by atoms with E-state index in [1.54, 1.807) is 6.20 Å². The second-order valence-corrected chi connectivity index (χ2v) is 5.48. The molecule has 106 valence electrons. The number of nitrogens with two attached hydrogens (primary N) is 1. The number of hydrogen-bond donors (Lipinski definition) is 1. The van der Waals surface area contributed by atoms with Crippen LogP contribution in [-0.2, 0) is 6.42 Å². The number of unbranched alkanes of at least 4 members (excludes halogenated alkanes) is 1. The van der Waals surface area contributed by atoms with Crippen molar-refractivity contribution in [1.82, 2.24) is 4.98 Å². The van der Waals surface area contributed by atoms with Crippen LogP contribution in [0.5, 0.6) is 11.5 Å². The molecule has 0 saturated heterocycles. The molecule has 2 N–H and O–H groups in total. The van der Waals surface area contributed by atoms with Crippen molar-refractivity contribution in [3.63, 3.8) is 0 Å². The van der Waals surface area contributed by atoms with Gasteiger partial charge in [-0.2, -0.15) is 0 Å². The molecule has 0 aromatic carbocycles. The lowest BCUT2D eigenvalue weighted by atomic mass is 10.2. The summed E-state index contributed by atoms with van der Waals surface area (Å²) >= 11 is 2.09. The van der Waals surface area contributed by atoms with Gasteiger partial charge in [-0.3, -0.25) is 4.98 Å². The van der Waals surface area contributed by atoms with Gasteiger partial charge in [0.1, 0.15) is 3.57 Å². The molecule has 1 heterocycles. The Morgan fingerprint density at radius 2 is 2.21 bits per heavy atom. The van der Waals surface area contributed by atoms with Gasteiger partial charge in [-0.25, -0.2) is 4.79 Å². The lowest BCUT2D eigenvalue weighted by molar-refractivity contribution is 0.208. The number of primary amides is 1. The molecule has 0 atom stereocenters. The van der Waals surface area contributed by atoms with Gasteiger partial charge in [-0.05, 0) is 49.3 Å². The van der Waals surface area contributed by atoms with E-state index in [4.69, 9.17) is 15.2 Å². The first-order chi connectivity index (χ1) is 8.95. The normalized spacial score (nSPS) is 10.6. The number of ether oxygens (including phenoxy) is 2. The Morgan fingerprint density at radius 3 is 2.74 bits per heavy atom. The highest BCUT2D eigenvalue weighted by molar-refractivity contribution is 14.1. The maximum atomic E-state index is 11.0. The van der Waals surface area contributed by atoms with Crippen LogP contribution in [0.1, 0.15) is 39.3 Å². The van der Waals surface area contributed by atoms with Crippen molar-refractivity contribution in [3.05, 3.63) is 15.5 Å². The third-order valence-corrected chi connectivity index (χ3v) is 3.37. The van der Waals surface area contributed by atoms with Crippen LogP contribution < -0.4 is 15.2 Å². The molecular weight excluding hydrogens is 359 g/mol. The Balaban J connectivity index is 3.11. The van der Waals surface area contributed by atoms with Gasteiger partial charge in [0, 0.05) is 0 Å². The molecule has 0 spiro atoms. The molecule has 0 radical (unpaired) electrons. The van der Waals surface area contributed by atoms with E-state index in [1.165, 1.54) is 0 Å². The standard InChI is InChI=1S/C13H19IN2O3/c1-4-5-6-9-12(19-13(15)17)11(14)10(7-16-9)18-8(2)3/h7-8H,4-6H2,1-3H3,(H2,15,17). The summed E-state index contributed by atoms with van der Waals surface area (Å²) in [5.41, 5.74) is 5.85. The van der Waals surface area contributed by atoms with E-state index in [1.807, 2.05) is 13.8 Å². The van der Waals surface area contributed by atoms with Crippen molar-refractivity contribution < 1.29 is 14.3 Å². The molecular formula is C13H19IN2O3. The number of rotatable bonds is 6. The molecule has 1 amide bonds. The topological polar surface area (TPSA) is 74.4 Å². The summed E-state index contributed by atoms with van der Waals surface area (Å²) in [6.07, 6.45) is 3.62. The molecule has 0 aliphatic heterocycles. The zero-order valence-corrected chi connectivity index (χ0v) is 13.6. The van der Waals surface area contributed by atoms with Crippen LogP contribution in [0, 0.1) is 3.57 Å². The van der Waals surface area contributed by atoms with Crippen molar-refractivity contribution in [2.24, 2.45) is 5.73 Å². The minimum atomic E-state index is -0.834. The van der Waals surface area contributed by atoms with Crippen LogP contribution in [0.4, 0.5) is 4.79 Å². The van der Waals surface area contributed by atoms with Gasteiger partial charge >= 0.3 is 6.09 Å². The molecule has 0 unspecified atom stereocenters. The predicted molar refractivity (Wildman–Crippen MR) is 81.5 cm³/mol. The number of carbonyl (C=O) groups excluding carboxylic acids is 1. The lowest BCUT2D eigenvalue weighted by Crippen LogP contribution is -2.19. The quantitative estimate of drug-likeness (QED) is 0.771. The fourth-order valence-electron chi connectivity index (χ4n) is 1.55. The summed E-state index contributed by atoms with van der Waals surface area (Å²) < 4.78 is 11.4. The minimum absolute atomic E-state index is 0.0261. The van der Waals surface area contributed by atoms with Crippen molar-refractivity contribution in [2.45, 2.75) is 46.1 Å².